The first-order chi connectivity index (χ1) is 8.19. The molecule has 0 aromatic carbocycles. The molecule has 0 bridgehead atoms. The molecule has 0 unspecified atom stereocenters. The number of nitrogens with one attached hydrogen (secondary N) is 1. The molecule has 6 heteroatoms. The minimum atomic E-state index is -1.09. The topological polar surface area (TPSA) is 104 Å². The van der Waals surface area contributed by atoms with Gasteiger partial charge in [0.15, 0.2) is 0 Å². The number of carbonyl (C=O) groups excluding carboxylic acids is 2. The van der Waals surface area contributed by atoms with Gasteiger partial charge in [0.05, 0.1) is 0 Å². The van der Waals surface area contributed by atoms with Crippen LogP contribution in [-0.2, 0) is 9.53 Å². The first-order valence-electron chi connectivity index (χ1n) is 6.15. The summed E-state index contributed by atoms with van der Waals surface area (Å²) in [4.78, 5) is 22.4. The Morgan fingerprint density at radius 3 is 2.44 bits per heavy atom. The van der Waals surface area contributed by atoms with E-state index in [4.69, 9.17) is 10.5 Å². The molecule has 18 heavy (non-hydrogen) atoms. The molecule has 1 amide bonds. The summed E-state index contributed by atoms with van der Waals surface area (Å²) in [7, 11) is 0. The zero-order valence-electron chi connectivity index (χ0n) is 11.1. The highest BCUT2D eigenvalue weighted by molar-refractivity contribution is 5.70. The minimum Gasteiger partial charge on any atom is -0.550 e. The third kappa shape index (κ3) is 4.52. The molecule has 1 saturated carbocycles. The van der Waals surface area contributed by atoms with E-state index in [1.165, 1.54) is 0 Å². The first kappa shape index (κ1) is 14.8. The molecule has 1 aliphatic rings. The smallest absolute Gasteiger partial charge is 0.407 e. The van der Waals surface area contributed by atoms with Gasteiger partial charge in [-0.3, -0.25) is 0 Å². The summed E-state index contributed by atoms with van der Waals surface area (Å²) in [5.74, 6) is -1.64. The van der Waals surface area contributed by atoms with Crippen molar-refractivity contribution in [3.8, 4) is 0 Å². The molecule has 3 N–H and O–H groups in total. The Kier molecular flexibility index (Phi) is 4.56. The Bertz CT molecular complexity index is 325. The van der Waals surface area contributed by atoms with E-state index < -0.39 is 23.6 Å². The Hall–Kier alpha value is -1.30. The summed E-state index contributed by atoms with van der Waals surface area (Å²) in [6.45, 7) is 5.28. The maximum absolute atomic E-state index is 11.6. The highest BCUT2D eigenvalue weighted by atomic mass is 16.6. The van der Waals surface area contributed by atoms with Crippen molar-refractivity contribution in [3.05, 3.63) is 0 Å². The molecule has 1 rings (SSSR count). The zero-order valence-corrected chi connectivity index (χ0v) is 11.1. The van der Waals surface area contributed by atoms with E-state index in [9.17, 15) is 14.7 Å². The SMILES string of the molecule is CC(C)(C)OC(=O)N[C@@H]1C[C@@H](C(=O)[O-])CC[C@@H]1N. The van der Waals surface area contributed by atoms with Crippen LogP contribution in [-0.4, -0.2) is 29.7 Å². The largest absolute Gasteiger partial charge is 0.550 e. The number of hydrogen-bond donors (Lipinski definition) is 2. The summed E-state index contributed by atoms with van der Waals surface area (Å²) in [6.07, 6.45) is 0.777. The maximum atomic E-state index is 11.6. The van der Waals surface area contributed by atoms with Gasteiger partial charge in [-0.15, -0.1) is 0 Å². The van der Waals surface area contributed by atoms with Gasteiger partial charge in [0.1, 0.15) is 5.60 Å². The van der Waals surface area contributed by atoms with Gasteiger partial charge in [-0.25, -0.2) is 4.79 Å². The van der Waals surface area contributed by atoms with Crippen molar-refractivity contribution in [2.24, 2.45) is 11.7 Å². The molecule has 6 nitrogen and oxygen atoms in total. The minimum absolute atomic E-state index is 0.242. The van der Waals surface area contributed by atoms with E-state index in [1.54, 1.807) is 20.8 Å². The van der Waals surface area contributed by atoms with E-state index in [2.05, 4.69) is 5.32 Å². The van der Waals surface area contributed by atoms with Crippen molar-refractivity contribution in [2.75, 3.05) is 0 Å². The van der Waals surface area contributed by atoms with Crippen molar-refractivity contribution in [1.29, 1.82) is 0 Å². The van der Waals surface area contributed by atoms with Gasteiger partial charge in [0, 0.05) is 24.0 Å². The summed E-state index contributed by atoms with van der Waals surface area (Å²) in [6, 6.07) is -0.621. The number of amides is 1. The molecule has 1 aliphatic carbocycles. The molecule has 0 spiro atoms. The molecular weight excluding hydrogens is 236 g/mol. The van der Waals surface area contributed by atoms with Gasteiger partial charge < -0.3 is 25.7 Å². The predicted molar refractivity (Wildman–Crippen MR) is 63.5 cm³/mol. The molecule has 0 aliphatic heterocycles. The summed E-state index contributed by atoms with van der Waals surface area (Å²) < 4.78 is 5.12. The van der Waals surface area contributed by atoms with Crippen LogP contribution in [0.4, 0.5) is 4.79 Å². The number of rotatable bonds is 2. The molecule has 0 aromatic heterocycles. The lowest BCUT2D eigenvalue weighted by Gasteiger charge is -2.35. The van der Waals surface area contributed by atoms with Crippen LogP contribution in [0.1, 0.15) is 40.0 Å². The van der Waals surface area contributed by atoms with Gasteiger partial charge in [0.2, 0.25) is 0 Å². The highest BCUT2D eigenvalue weighted by Gasteiger charge is 2.31. The van der Waals surface area contributed by atoms with Crippen LogP contribution in [0.2, 0.25) is 0 Å². The second-order valence-electron chi connectivity index (χ2n) is 5.75. The van der Waals surface area contributed by atoms with Crippen LogP contribution >= 0.6 is 0 Å². The maximum Gasteiger partial charge on any atom is 0.407 e. The quantitative estimate of drug-likeness (QED) is 0.710. The Balaban J connectivity index is 2.53. The van der Waals surface area contributed by atoms with E-state index in [-0.39, 0.29) is 12.1 Å². The fraction of sp³-hybridized carbons (Fsp3) is 0.833. The van der Waals surface area contributed by atoms with Crippen LogP contribution in [0.3, 0.4) is 0 Å². The van der Waals surface area contributed by atoms with Gasteiger partial charge in [-0.2, -0.15) is 0 Å². The molecule has 0 heterocycles. The third-order valence-electron chi connectivity index (χ3n) is 2.94. The van der Waals surface area contributed by atoms with Gasteiger partial charge in [-0.05, 0) is 40.0 Å². The number of hydrogen-bond acceptors (Lipinski definition) is 5. The van der Waals surface area contributed by atoms with E-state index in [0.717, 1.165) is 0 Å². The molecule has 104 valence electrons. The average molecular weight is 257 g/mol. The molecular formula is C12H21N2O4-. The van der Waals surface area contributed by atoms with Crippen molar-refractivity contribution in [1.82, 2.24) is 5.32 Å². The summed E-state index contributed by atoms with van der Waals surface area (Å²) in [5.41, 5.74) is 5.28. The van der Waals surface area contributed by atoms with E-state index >= 15 is 0 Å². The number of carbonyl (C=O) groups is 2. The van der Waals surface area contributed by atoms with Crippen molar-refractivity contribution in [3.63, 3.8) is 0 Å². The molecule has 0 radical (unpaired) electrons. The normalized spacial score (nSPS) is 28.6. The van der Waals surface area contributed by atoms with Crippen LogP contribution in [0.5, 0.6) is 0 Å². The number of carboxylic acid groups (broad SMARTS) is 1. The van der Waals surface area contributed by atoms with E-state index in [1.807, 2.05) is 0 Å². The number of ether oxygens (including phenoxy) is 1. The molecule has 0 aromatic rings. The van der Waals surface area contributed by atoms with Crippen LogP contribution in [0, 0.1) is 5.92 Å². The van der Waals surface area contributed by atoms with Crippen LogP contribution in [0.25, 0.3) is 0 Å². The molecule has 1 fully saturated rings. The number of nitrogens with two attached hydrogens (primary N) is 1. The summed E-state index contributed by atoms with van der Waals surface area (Å²) >= 11 is 0. The average Bonchev–Trinajstić information content (AvgIpc) is 2.18. The zero-order chi connectivity index (χ0) is 13.9. The van der Waals surface area contributed by atoms with Gasteiger partial charge in [0.25, 0.3) is 0 Å². The Labute approximate surface area is 107 Å². The second-order valence-corrected chi connectivity index (χ2v) is 5.75. The molecule has 0 saturated heterocycles. The Morgan fingerprint density at radius 2 is 1.94 bits per heavy atom. The van der Waals surface area contributed by atoms with Crippen LogP contribution < -0.4 is 16.2 Å². The summed E-state index contributed by atoms with van der Waals surface area (Å²) in [5, 5.41) is 13.5. The lowest BCUT2D eigenvalue weighted by atomic mass is 9.83. The number of aliphatic carboxylic acids is 1. The monoisotopic (exact) mass is 257 g/mol. The van der Waals surface area contributed by atoms with Gasteiger partial charge in [-0.1, -0.05) is 0 Å². The van der Waals surface area contributed by atoms with E-state index in [0.29, 0.717) is 19.3 Å². The lowest BCUT2D eigenvalue weighted by molar-refractivity contribution is -0.312. The first-order valence-corrected chi connectivity index (χ1v) is 6.15. The fourth-order valence-electron chi connectivity index (χ4n) is 2.03. The Morgan fingerprint density at radius 1 is 1.33 bits per heavy atom. The standard InChI is InChI=1S/C12H22N2O4/c1-12(2,3)18-11(17)14-9-6-7(10(15)16)4-5-8(9)13/h7-9H,4-6,13H2,1-3H3,(H,14,17)(H,15,16)/p-1/t7-,8-,9+/m0/s1. The van der Waals surface area contributed by atoms with Crippen molar-refractivity contribution in [2.45, 2.75) is 57.7 Å². The van der Waals surface area contributed by atoms with Crippen molar-refractivity contribution < 1.29 is 19.4 Å². The second kappa shape index (κ2) is 5.56. The highest BCUT2D eigenvalue weighted by Crippen LogP contribution is 2.23. The molecule has 3 atom stereocenters. The fourth-order valence-corrected chi connectivity index (χ4v) is 2.03. The lowest BCUT2D eigenvalue weighted by Crippen LogP contribution is -2.54. The van der Waals surface area contributed by atoms with Crippen molar-refractivity contribution >= 4 is 12.1 Å². The third-order valence-corrected chi connectivity index (χ3v) is 2.94. The number of alkyl carbamates (subject to hydrolysis) is 1. The van der Waals surface area contributed by atoms with Gasteiger partial charge >= 0.3 is 6.09 Å². The van der Waals surface area contributed by atoms with Crippen LogP contribution in [0.15, 0.2) is 0 Å². The predicted octanol–water partition coefficient (Wildman–Crippen LogP) is -0.243. The number of carboxylic acids is 1.